The molecule has 2 unspecified atom stereocenters. The van der Waals surface area contributed by atoms with E-state index in [1.54, 1.807) is 6.20 Å². The average Bonchev–Trinajstić information content (AvgIpc) is 2.31. The van der Waals surface area contributed by atoms with Crippen LogP contribution in [0.4, 0.5) is 0 Å². The van der Waals surface area contributed by atoms with Gasteiger partial charge in [-0.1, -0.05) is 19.8 Å². The normalized spacial score (nSPS) is 27.5. The van der Waals surface area contributed by atoms with Crippen molar-refractivity contribution in [3.8, 4) is 0 Å². The lowest BCUT2D eigenvalue weighted by atomic mass is 9.79. The topological polar surface area (TPSA) is 45.1 Å². The zero-order valence-electron chi connectivity index (χ0n) is 11.1. The molecule has 2 N–H and O–H groups in total. The fourth-order valence-electron chi connectivity index (χ4n) is 2.78. The van der Waals surface area contributed by atoms with E-state index in [0.717, 1.165) is 33.9 Å². The molecule has 0 radical (unpaired) electrons. The first-order valence-electron chi connectivity index (χ1n) is 6.71. The summed E-state index contributed by atoms with van der Waals surface area (Å²) in [5, 5.41) is 13.9. The van der Waals surface area contributed by atoms with E-state index >= 15 is 0 Å². The lowest BCUT2D eigenvalue weighted by molar-refractivity contribution is -0.0119. The summed E-state index contributed by atoms with van der Waals surface area (Å²) < 4.78 is 1.95. The van der Waals surface area contributed by atoms with Crippen LogP contribution < -0.4 is 5.32 Å². The molecular formula is C14H20Br2N2O. The molecule has 19 heavy (non-hydrogen) atoms. The quantitative estimate of drug-likeness (QED) is 0.823. The Morgan fingerprint density at radius 3 is 3.00 bits per heavy atom. The Morgan fingerprint density at radius 1 is 1.53 bits per heavy atom. The van der Waals surface area contributed by atoms with Crippen molar-refractivity contribution in [3.05, 3.63) is 26.9 Å². The van der Waals surface area contributed by atoms with Gasteiger partial charge in [-0.15, -0.1) is 0 Å². The van der Waals surface area contributed by atoms with Gasteiger partial charge in [0, 0.05) is 28.2 Å². The lowest BCUT2D eigenvalue weighted by Gasteiger charge is -2.35. The van der Waals surface area contributed by atoms with Crippen molar-refractivity contribution in [3.63, 3.8) is 0 Å². The molecule has 0 aliphatic heterocycles. The second kappa shape index (κ2) is 6.66. The second-order valence-electron chi connectivity index (χ2n) is 5.61. The minimum absolute atomic E-state index is 0.542. The van der Waals surface area contributed by atoms with E-state index in [-0.39, 0.29) is 0 Å². The highest BCUT2D eigenvalue weighted by molar-refractivity contribution is 9.11. The minimum atomic E-state index is -0.542. The van der Waals surface area contributed by atoms with Crippen molar-refractivity contribution >= 4 is 31.9 Å². The first-order valence-corrected chi connectivity index (χ1v) is 8.30. The molecule has 1 fully saturated rings. The number of nitrogens with one attached hydrogen (secondary N) is 1. The molecule has 1 aliphatic rings. The molecular weight excluding hydrogens is 372 g/mol. The second-order valence-corrected chi connectivity index (χ2v) is 7.38. The van der Waals surface area contributed by atoms with Crippen LogP contribution in [0.3, 0.4) is 0 Å². The highest BCUT2D eigenvalue weighted by atomic mass is 79.9. The maximum absolute atomic E-state index is 10.5. The van der Waals surface area contributed by atoms with Crippen LogP contribution in [0, 0.1) is 5.92 Å². The van der Waals surface area contributed by atoms with Gasteiger partial charge in [0.2, 0.25) is 0 Å². The third-order valence-electron chi connectivity index (χ3n) is 3.70. The highest BCUT2D eigenvalue weighted by Gasteiger charge is 2.32. The molecule has 2 rings (SSSR count). The van der Waals surface area contributed by atoms with Gasteiger partial charge < -0.3 is 10.4 Å². The number of aliphatic hydroxyl groups is 1. The van der Waals surface area contributed by atoms with E-state index in [1.165, 1.54) is 6.42 Å². The lowest BCUT2D eigenvalue weighted by Crippen LogP contribution is -2.43. The van der Waals surface area contributed by atoms with Crippen molar-refractivity contribution in [2.75, 3.05) is 6.54 Å². The number of hydrogen-bond acceptors (Lipinski definition) is 3. The Balaban J connectivity index is 1.85. The monoisotopic (exact) mass is 390 g/mol. The van der Waals surface area contributed by atoms with Gasteiger partial charge in [-0.25, -0.2) is 0 Å². The van der Waals surface area contributed by atoms with E-state index in [1.807, 2.05) is 6.07 Å². The molecule has 1 aromatic rings. The summed E-state index contributed by atoms with van der Waals surface area (Å²) in [6.07, 6.45) is 5.95. The van der Waals surface area contributed by atoms with Gasteiger partial charge in [0.25, 0.3) is 0 Å². The summed E-state index contributed by atoms with van der Waals surface area (Å²) in [6, 6.07) is 1.99. The fourth-order valence-corrected chi connectivity index (χ4v) is 3.91. The average molecular weight is 392 g/mol. The molecule has 0 bridgehead atoms. The van der Waals surface area contributed by atoms with Crippen molar-refractivity contribution in [2.45, 2.75) is 44.8 Å². The van der Waals surface area contributed by atoms with Gasteiger partial charge in [0.05, 0.1) is 11.3 Å². The van der Waals surface area contributed by atoms with Gasteiger partial charge in [-0.3, -0.25) is 4.98 Å². The van der Waals surface area contributed by atoms with Gasteiger partial charge in [-0.05, 0) is 56.7 Å². The molecule has 0 saturated heterocycles. The largest absolute Gasteiger partial charge is 0.389 e. The molecule has 2 atom stereocenters. The van der Waals surface area contributed by atoms with Gasteiger partial charge in [0.15, 0.2) is 0 Å². The molecule has 0 spiro atoms. The standard InChI is InChI=1S/C14H20Br2N2O/c1-10-3-2-4-14(19,6-10)9-17-8-13-12(16)5-11(15)7-18-13/h5,7,10,17,19H,2-4,6,8-9H2,1H3. The van der Waals surface area contributed by atoms with Crippen molar-refractivity contribution in [1.29, 1.82) is 0 Å². The maximum atomic E-state index is 10.5. The SMILES string of the molecule is CC1CCCC(O)(CNCc2ncc(Br)cc2Br)C1. The molecule has 3 nitrogen and oxygen atoms in total. The zero-order chi connectivity index (χ0) is 13.9. The predicted molar refractivity (Wildman–Crippen MR) is 83.9 cm³/mol. The van der Waals surface area contributed by atoms with Crippen LogP contribution in [0.25, 0.3) is 0 Å². The predicted octanol–water partition coefficient (Wildman–Crippen LogP) is 3.64. The summed E-state index contributed by atoms with van der Waals surface area (Å²) in [4.78, 5) is 4.36. The summed E-state index contributed by atoms with van der Waals surface area (Å²) in [6.45, 7) is 3.53. The summed E-state index contributed by atoms with van der Waals surface area (Å²) in [5.41, 5.74) is 0.426. The first kappa shape index (κ1) is 15.4. The Kier molecular flexibility index (Phi) is 5.40. The van der Waals surface area contributed by atoms with E-state index in [2.05, 4.69) is 49.1 Å². The molecule has 5 heteroatoms. The number of aromatic nitrogens is 1. The van der Waals surface area contributed by atoms with Crippen molar-refractivity contribution in [1.82, 2.24) is 10.3 Å². The highest BCUT2D eigenvalue weighted by Crippen LogP contribution is 2.31. The number of pyridine rings is 1. The van der Waals surface area contributed by atoms with Crippen LogP contribution >= 0.6 is 31.9 Å². The molecule has 1 heterocycles. The number of rotatable bonds is 4. The summed E-state index contributed by atoms with van der Waals surface area (Å²) >= 11 is 6.89. The Hall–Kier alpha value is 0.0300. The van der Waals surface area contributed by atoms with Gasteiger partial charge in [0.1, 0.15) is 0 Å². The van der Waals surface area contributed by atoms with Crippen molar-refractivity contribution in [2.24, 2.45) is 5.92 Å². The first-order chi connectivity index (χ1) is 8.98. The molecule has 106 valence electrons. The summed E-state index contributed by atoms with van der Waals surface area (Å²) in [5.74, 6) is 0.623. The fraction of sp³-hybridized carbons (Fsp3) is 0.643. The third-order valence-corrected chi connectivity index (χ3v) is 4.82. The van der Waals surface area contributed by atoms with Crippen LogP contribution in [0.2, 0.25) is 0 Å². The van der Waals surface area contributed by atoms with Crippen LogP contribution in [-0.4, -0.2) is 22.2 Å². The van der Waals surface area contributed by atoms with E-state index in [4.69, 9.17) is 0 Å². The van der Waals surface area contributed by atoms with Crippen LogP contribution in [-0.2, 0) is 6.54 Å². The zero-order valence-corrected chi connectivity index (χ0v) is 14.3. The number of nitrogens with zero attached hydrogens (tertiary/aromatic N) is 1. The van der Waals surface area contributed by atoms with E-state index in [9.17, 15) is 5.11 Å². The molecule has 0 amide bonds. The van der Waals surface area contributed by atoms with Gasteiger partial charge >= 0.3 is 0 Å². The Labute approximate surface area is 131 Å². The molecule has 1 aromatic heterocycles. The maximum Gasteiger partial charge on any atom is 0.0774 e. The Morgan fingerprint density at radius 2 is 2.32 bits per heavy atom. The number of hydrogen-bond donors (Lipinski definition) is 2. The van der Waals surface area contributed by atoms with Crippen LogP contribution in [0.15, 0.2) is 21.2 Å². The smallest absolute Gasteiger partial charge is 0.0774 e. The molecule has 1 aliphatic carbocycles. The van der Waals surface area contributed by atoms with Crippen LogP contribution in [0.1, 0.15) is 38.3 Å². The van der Waals surface area contributed by atoms with Crippen LogP contribution in [0.5, 0.6) is 0 Å². The molecule has 0 aromatic carbocycles. The Bertz CT molecular complexity index is 441. The number of halogens is 2. The third kappa shape index (κ3) is 4.52. The minimum Gasteiger partial charge on any atom is -0.389 e. The molecule has 1 saturated carbocycles. The summed E-state index contributed by atoms with van der Waals surface area (Å²) in [7, 11) is 0. The van der Waals surface area contributed by atoms with Gasteiger partial charge in [-0.2, -0.15) is 0 Å². The van der Waals surface area contributed by atoms with E-state index in [0.29, 0.717) is 19.0 Å². The van der Waals surface area contributed by atoms with E-state index < -0.39 is 5.60 Å². The van der Waals surface area contributed by atoms with Crippen molar-refractivity contribution < 1.29 is 5.11 Å².